The predicted octanol–water partition coefficient (Wildman–Crippen LogP) is 3.08. The van der Waals surface area contributed by atoms with Gasteiger partial charge in [0.15, 0.2) is 11.5 Å². The fourth-order valence-corrected chi connectivity index (χ4v) is 3.45. The van der Waals surface area contributed by atoms with Gasteiger partial charge in [-0.1, -0.05) is 12.1 Å². The molecule has 124 valence electrons. The molecule has 25 heavy (non-hydrogen) atoms. The smallest absolute Gasteiger partial charge is 0.231 e. The molecule has 6 nitrogen and oxygen atoms in total. The van der Waals surface area contributed by atoms with Crippen LogP contribution >= 0.6 is 0 Å². The van der Waals surface area contributed by atoms with E-state index in [-0.39, 0.29) is 18.6 Å². The minimum Gasteiger partial charge on any atom is -0.454 e. The summed E-state index contributed by atoms with van der Waals surface area (Å²) in [5, 5.41) is 7.22. The van der Waals surface area contributed by atoms with Crippen LogP contribution in [0.5, 0.6) is 11.5 Å². The summed E-state index contributed by atoms with van der Waals surface area (Å²) in [6.07, 6.45) is 4.05. The van der Waals surface area contributed by atoms with Crippen molar-refractivity contribution in [2.75, 3.05) is 12.1 Å². The summed E-state index contributed by atoms with van der Waals surface area (Å²) in [6.45, 7) is 0.214. The van der Waals surface area contributed by atoms with Gasteiger partial charge in [0.2, 0.25) is 12.7 Å². The number of anilines is 1. The molecule has 0 aliphatic carbocycles. The molecule has 3 heterocycles. The van der Waals surface area contributed by atoms with Crippen molar-refractivity contribution in [3.63, 3.8) is 0 Å². The first-order valence-electron chi connectivity index (χ1n) is 8.11. The fourth-order valence-electron chi connectivity index (χ4n) is 3.45. The van der Waals surface area contributed by atoms with Gasteiger partial charge in [0.25, 0.3) is 0 Å². The molecule has 5 rings (SSSR count). The Balaban J connectivity index is 1.61. The van der Waals surface area contributed by atoms with Gasteiger partial charge in [-0.15, -0.1) is 0 Å². The topological polar surface area (TPSA) is 65.4 Å². The summed E-state index contributed by atoms with van der Waals surface area (Å²) in [5.74, 6) is 1.36. The maximum Gasteiger partial charge on any atom is 0.231 e. The molecule has 2 aliphatic rings. The van der Waals surface area contributed by atoms with Crippen LogP contribution in [-0.4, -0.2) is 22.5 Å². The van der Waals surface area contributed by atoms with Crippen LogP contribution in [0.2, 0.25) is 0 Å². The molecule has 1 aromatic heterocycles. The van der Waals surface area contributed by atoms with Gasteiger partial charge < -0.3 is 14.8 Å². The summed E-state index contributed by atoms with van der Waals surface area (Å²) in [7, 11) is 0. The minimum absolute atomic E-state index is 0.000794. The monoisotopic (exact) mass is 333 g/mol. The Morgan fingerprint density at radius 2 is 2.00 bits per heavy atom. The molecule has 0 radical (unpaired) electrons. The zero-order valence-corrected chi connectivity index (χ0v) is 13.3. The number of nitrogens with zero attached hydrogens (tertiary/aromatic N) is 2. The number of fused-ring (bicyclic) bond motifs is 2. The molecule has 2 aromatic carbocycles. The lowest BCUT2D eigenvalue weighted by atomic mass is 9.84. The van der Waals surface area contributed by atoms with Gasteiger partial charge in [-0.3, -0.25) is 4.79 Å². The first-order valence-corrected chi connectivity index (χ1v) is 8.11. The van der Waals surface area contributed by atoms with Gasteiger partial charge >= 0.3 is 0 Å². The van der Waals surface area contributed by atoms with E-state index in [1.165, 1.54) is 0 Å². The van der Waals surface area contributed by atoms with E-state index < -0.39 is 0 Å². The first-order chi connectivity index (χ1) is 12.3. The Morgan fingerprint density at radius 1 is 1.12 bits per heavy atom. The number of carbonyl (C=O) groups excluding carboxylic acids is 1. The van der Waals surface area contributed by atoms with Crippen LogP contribution in [0.25, 0.3) is 5.69 Å². The van der Waals surface area contributed by atoms with E-state index in [9.17, 15) is 4.79 Å². The third-order valence-electron chi connectivity index (χ3n) is 4.63. The molecule has 1 amide bonds. The summed E-state index contributed by atoms with van der Waals surface area (Å²) in [6, 6.07) is 13.8. The highest BCUT2D eigenvalue weighted by Crippen LogP contribution is 2.44. The molecule has 0 saturated heterocycles. The second-order valence-corrected chi connectivity index (χ2v) is 6.14. The van der Waals surface area contributed by atoms with E-state index in [0.717, 1.165) is 28.3 Å². The second kappa shape index (κ2) is 5.37. The number of aromatic nitrogens is 2. The second-order valence-electron chi connectivity index (χ2n) is 6.14. The van der Waals surface area contributed by atoms with E-state index in [4.69, 9.17) is 9.47 Å². The number of carbonyl (C=O) groups is 1. The third kappa shape index (κ3) is 2.34. The standard InChI is InChI=1S/C19H15N3O3/c23-19-9-14(12-3-1-4-13(7-12)22-6-2-5-20-22)15-8-17-18(25-11-24-17)10-16(15)21-19/h1-8,10,14H,9,11H2,(H,21,23). The van der Waals surface area contributed by atoms with Crippen molar-refractivity contribution in [1.82, 2.24) is 9.78 Å². The molecule has 0 fully saturated rings. The highest BCUT2D eigenvalue weighted by molar-refractivity contribution is 5.96. The zero-order valence-electron chi connectivity index (χ0n) is 13.3. The number of hydrogen-bond donors (Lipinski definition) is 1. The Bertz CT molecular complexity index is 966. The van der Waals surface area contributed by atoms with Crippen molar-refractivity contribution >= 4 is 11.6 Å². The van der Waals surface area contributed by atoms with Gasteiger partial charge in [0.05, 0.1) is 5.69 Å². The van der Waals surface area contributed by atoms with E-state index in [1.807, 2.05) is 47.3 Å². The number of ether oxygens (including phenoxy) is 2. The van der Waals surface area contributed by atoms with Crippen molar-refractivity contribution in [1.29, 1.82) is 0 Å². The number of amides is 1. The van der Waals surface area contributed by atoms with Crippen LogP contribution in [0.1, 0.15) is 23.5 Å². The first kappa shape index (κ1) is 14.1. The predicted molar refractivity (Wildman–Crippen MR) is 91.2 cm³/mol. The molecular weight excluding hydrogens is 318 g/mol. The van der Waals surface area contributed by atoms with E-state index in [2.05, 4.69) is 16.5 Å². The lowest BCUT2D eigenvalue weighted by Crippen LogP contribution is -2.23. The summed E-state index contributed by atoms with van der Waals surface area (Å²) in [5.41, 5.74) is 3.87. The Kier molecular flexibility index (Phi) is 3.03. The zero-order chi connectivity index (χ0) is 16.8. The van der Waals surface area contributed by atoms with Crippen LogP contribution in [0, 0.1) is 0 Å². The van der Waals surface area contributed by atoms with Crippen LogP contribution in [0.4, 0.5) is 5.69 Å². The van der Waals surface area contributed by atoms with Crippen molar-refractivity contribution < 1.29 is 14.3 Å². The average molecular weight is 333 g/mol. The van der Waals surface area contributed by atoms with Crippen molar-refractivity contribution in [2.45, 2.75) is 12.3 Å². The van der Waals surface area contributed by atoms with Crippen molar-refractivity contribution in [3.8, 4) is 17.2 Å². The molecule has 0 spiro atoms. The Morgan fingerprint density at radius 3 is 2.84 bits per heavy atom. The van der Waals surface area contributed by atoms with E-state index >= 15 is 0 Å². The summed E-state index contributed by atoms with van der Waals surface area (Å²) < 4.78 is 12.7. The van der Waals surface area contributed by atoms with Crippen LogP contribution in [0.15, 0.2) is 54.9 Å². The molecule has 1 unspecified atom stereocenters. The van der Waals surface area contributed by atoms with Crippen molar-refractivity contribution in [3.05, 3.63) is 66.0 Å². The number of benzene rings is 2. The molecule has 2 aliphatic heterocycles. The molecule has 6 heteroatoms. The number of rotatable bonds is 2. The lowest BCUT2D eigenvalue weighted by Gasteiger charge is -2.26. The highest BCUT2D eigenvalue weighted by atomic mass is 16.7. The van der Waals surface area contributed by atoms with Gasteiger partial charge in [-0.05, 0) is 35.4 Å². The lowest BCUT2D eigenvalue weighted by molar-refractivity contribution is -0.116. The molecule has 3 aromatic rings. The summed E-state index contributed by atoms with van der Waals surface area (Å²) in [4.78, 5) is 12.2. The Labute approximate surface area is 144 Å². The SMILES string of the molecule is O=C1CC(c2cccc(-n3cccn3)c2)c2cc3c(cc2N1)OCO3. The summed E-state index contributed by atoms with van der Waals surface area (Å²) >= 11 is 0. The average Bonchev–Trinajstić information content (AvgIpc) is 3.31. The largest absolute Gasteiger partial charge is 0.454 e. The van der Waals surface area contributed by atoms with E-state index in [1.54, 1.807) is 6.20 Å². The normalized spacial score (nSPS) is 17.9. The fraction of sp³-hybridized carbons (Fsp3) is 0.158. The molecule has 0 saturated carbocycles. The van der Waals surface area contributed by atoms with Crippen molar-refractivity contribution in [2.24, 2.45) is 0 Å². The quantitative estimate of drug-likeness (QED) is 0.783. The van der Waals surface area contributed by atoms with Crippen LogP contribution < -0.4 is 14.8 Å². The Hall–Kier alpha value is -3.28. The van der Waals surface area contributed by atoms with Gasteiger partial charge in [0.1, 0.15) is 0 Å². The highest BCUT2D eigenvalue weighted by Gasteiger charge is 2.30. The van der Waals surface area contributed by atoms with Gasteiger partial charge in [-0.25, -0.2) is 4.68 Å². The van der Waals surface area contributed by atoms with E-state index in [0.29, 0.717) is 12.2 Å². The molecule has 0 bridgehead atoms. The van der Waals surface area contributed by atoms with Gasteiger partial charge in [-0.2, -0.15) is 5.10 Å². The third-order valence-corrected chi connectivity index (χ3v) is 4.63. The molecule has 1 atom stereocenters. The minimum atomic E-state index is -0.0336. The van der Waals surface area contributed by atoms with Crippen LogP contribution in [-0.2, 0) is 4.79 Å². The number of nitrogens with one attached hydrogen (secondary N) is 1. The maximum atomic E-state index is 12.2. The maximum absolute atomic E-state index is 12.2. The van der Waals surface area contributed by atoms with Gasteiger partial charge in [0, 0.05) is 36.5 Å². The van der Waals surface area contributed by atoms with Crippen LogP contribution in [0.3, 0.4) is 0 Å². The molecule has 1 N–H and O–H groups in total. The molecular formula is C19H15N3O3. The number of hydrogen-bond acceptors (Lipinski definition) is 4.